The van der Waals surface area contributed by atoms with Gasteiger partial charge in [0.25, 0.3) is 0 Å². The maximum atomic E-state index is 12.9. The summed E-state index contributed by atoms with van der Waals surface area (Å²) < 4.78 is 38.7. The highest BCUT2D eigenvalue weighted by Crippen LogP contribution is 2.35. The lowest BCUT2D eigenvalue weighted by molar-refractivity contribution is -0.138. The molecule has 0 radical (unpaired) electrons. The Kier molecular flexibility index (Phi) is 3.53. The van der Waals surface area contributed by atoms with Gasteiger partial charge < -0.3 is 5.11 Å². The minimum Gasteiger partial charge on any atom is -0.478 e. The molecule has 2 aromatic carbocycles. The van der Waals surface area contributed by atoms with Crippen LogP contribution in [0.15, 0.2) is 42.5 Å². The third-order valence-electron chi connectivity index (χ3n) is 2.94. The van der Waals surface area contributed by atoms with Crippen LogP contribution in [-0.2, 0) is 6.18 Å². The lowest BCUT2D eigenvalue weighted by Crippen LogP contribution is -2.12. The minimum atomic E-state index is -4.70. The molecule has 104 valence electrons. The molecule has 0 unspecified atom stereocenters. The van der Waals surface area contributed by atoms with Crippen molar-refractivity contribution in [2.75, 3.05) is 0 Å². The molecule has 2 aromatic rings. The Hall–Kier alpha value is -2.30. The first kappa shape index (κ1) is 14.1. The largest absolute Gasteiger partial charge is 0.478 e. The molecular formula is C15H11F3O2. The van der Waals surface area contributed by atoms with Gasteiger partial charge in [-0.2, -0.15) is 13.2 Å². The molecule has 0 aliphatic carbocycles. The van der Waals surface area contributed by atoms with Crippen LogP contribution in [0.2, 0.25) is 0 Å². The number of aromatic carboxylic acids is 1. The monoisotopic (exact) mass is 280 g/mol. The molecule has 1 N–H and O–H groups in total. The first-order valence-corrected chi connectivity index (χ1v) is 5.80. The second-order valence-electron chi connectivity index (χ2n) is 4.43. The highest BCUT2D eigenvalue weighted by Gasteiger charge is 2.35. The maximum absolute atomic E-state index is 12.9. The van der Waals surface area contributed by atoms with E-state index < -0.39 is 23.3 Å². The van der Waals surface area contributed by atoms with Crippen LogP contribution >= 0.6 is 0 Å². The fourth-order valence-corrected chi connectivity index (χ4v) is 1.89. The topological polar surface area (TPSA) is 37.3 Å². The lowest BCUT2D eigenvalue weighted by atomic mass is 9.98. The van der Waals surface area contributed by atoms with Gasteiger partial charge in [0.05, 0.1) is 11.1 Å². The molecule has 2 rings (SSSR count). The molecule has 20 heavy (non-hydrogen) atoms. The van der Waals surface area contributed by atoms with Crippen molar-refractivity contribution in [3.8, 4) is 11.1 Å². The number of carbonyl (C=O) groups is 1. The minimum absolute atomic E-state index is 0.335. The lowest BCUT2D eigenvalue weighted by Gasteiger charge is -2.12. The Morgan fingerprint density at radius 3 is 2.05 bits per heavy atom. The molecule has 0 aliphatic rings. The third kappa shape index (κ3) is 2.82. The summed E-state index contributed by atoms with van der Waals surface area (Å²) in [5, 5.41) is 8.83. The average molecular weight is 280 g/mol. The van der Waals surface area contributed by atoms with E-state index in [1.54, 1.807) is 24.3 Å². The molecule has 0 fully saturated rings. The van der Waals surface area contributed by atoms with E-state index in [4.69, 9.17) is 5.11 Å². The van der Waals surface area contributed by atoms with Gasteiger partial charge in [-0.05, 0) is 30.2 Å². The van der Waals surface area contributed by atoms with Gasteiger partial charge in [-0.3, -0.25) is 0 Å². The molecule has 5 heteroatoms. The Labute approximate surface area is 113 Å². The van der Waals surface area contributed by atoms with Gasteiger partial charge >= 0.3 is 12.1 Å². The summed E-state index contributed by atoms with van der Waals surface area (Å²) in [4.78, 5) is 10.9. The number of alkyl halides is 3. The van der Waals surface area contributed by atoms with Crippen LogP contribution in [0.3, 0.4) is 0 Å². The Morgan fingerprint density at radius 1 is 1.00 bits per heavy atom. The predicted octanol–water partition coefficient (Wildman–Crippen LogP) is 4.38. The van der Waals surface area contributed by atoms with E-state index in [0.717, 1.165) is 17.7 Å². The van der Waals surface area contributed by atoms with E-state index in [2.05, 4.69) is 0 Å². The number of benzene rings is 2. The maximum Gasteiger partial charge on any atom is 0.417 e. The number of hydrogen-bond acceptors (Lipinski definition) is 1. The number of halogens is 3. The van der Waals surface area contributed by atoms with Gasteiger partial charge in [0.1, 0.15) is 0 Å². The molecule has 0 spiro atoms. The molecular weight excluding hydrogens is 269 g/mol. The van der Waals surface area contributed by atoms with Crippen LogP contribution in [0.5, 0.6) is 0 Å². The number of aryl methyl sites for hydroxylation is 1. The van der Waals surface area contributed by atoms with Gasteiger partial charge in [0.2, 0.25) is 0 Å². The van der Waals surface area contributed by atoms with Crippen LogP contribution < -0.4 is 0 Å². The van der Waals surface area contributed by atoms with Crippen LogP contribution in [0.1, 0.15) is 21.5 Å². The van der Waals surface area contributed by atoms with Crippen molar-refractivity contribution < 1.29 is 23.1 Å². The zero-order valence-corrected chi connectivity index (χ0v) is 10.5. The van der Waals surface area contributed by atoms with E-state index in [0.29, 0.717) is 11.1 Å². The summed E-state index contributed by atoms with van der Waals surface area (Å²) in [5.41, 5.74) is 0.0590. The predicted molar refractivity (Wildman–Crippen MR) is 68.6 cm³/mol. The fraction of sp³-hybridized carbons (Fsp3) is 0.133. The summed E-state index contributed by atoms with van der Waals surface area (Å²) in [5.74, 6) is -1.59. The molecule has 0 bridgehead atoms. The Morgan fingerprint density at radius 2 is 1.55 bits per heavy atom. The molecule has 0 amide bonds. The summed E-state index contributed by atoms with van der Waals surface area (Å²) in [6.07, 6.45) is -4.70. The molecule has 0 saturated heterocycles. The summed E-state index contributed by atoms with van der Waals surface area (Å²) in [6.45, 7) is 1.87. The van der Waals surface area contributed by atoms with Crippen LogP contribution in [0.4, 0.5) is 13.2 Å². The van der Waals surface area contributed by atoms with Crippen molar-refractivity contribution >= 4 is 5.97 Å². The zero-order chi connectivity index (χ0) is 14.9. The second-order valence-corrected chi connectivity index (χ2v) is 4.43. The zero-order valence-electron chi connectivity index (χ0n) is 10.5. The molecule has 0 atom stereocenters. The van der Waals surface area contributed by atoms with Crippen molar-refractivity contribution in [1.82, 2.24) is 0 Å². The van der Waals surface area contributed by atoms with Crippen molar-refractivity contribution in [3.63, 3.8) is 0 Å². The van der Waals surface area contributed by atoms with Crippen molar-refractivity contribution in [3.05, 3.63) is 59.2 Å². The SMILES string of the molecule is Cc1ccc(-c2ccc(C(=O)O)c(C(F)(F)F)c2)cc1. The van der Waals surface area contributed by atoms with Gasteiger partial charge in [-0.1, -0.05) is 35.9 Å². The second kappa shape index (κ2) is 5.00. The van der Waals surface area contributed by atoms with Crippen LogP contribution in [0.25, 0.3) is 11.1 Å². The normalized spacial score (nSPS) is 11.4. The molecule has 0 saturated carbocycles. The van der Waals surface area contributed by atoms with E-state index >= 15 is 0 Å². The Bertz CT molecular complexity index is 643. The number of carboxylic acids is 1. The highest BCUT2D eigenvalue weighted by molar-refractivity contribution is 5.90. The van der Waals surface area contributed by atoms with Crippen molar-refractivity contribution in [1.29, 1.82) is 0 Å². The molecule has 0 aliphatic heterocycles. The van der Waals surface area contributed by atoms with Gasteiger partial charge in [-0.25, -0.2) is 4.79 Å². The summed E-state index contributed by atoms with van der Waals surface area (Å²) >= 11 is 0. The Balaban J connectivity index is 2.58. The molecule has 0 heterocycles. The third-order valence-corrected chi connectivity index (χ3v) is 2.94. The smallest absolute Gasteiger partial charge is 0.417 e. The number of hydrogen-bond donors (Lipinski definition) is 1. The first-order valence-electron chi connectivity index (χ1n) is 5.80. The van der Waals surface area contributed by atoms with E-state index in [-0.39, 0.29) is 0 Å². The van der Waals surface area contributed by atoms with Gasteiger partial charge in [0, 0.05) is 0 Å². The van der Waals surface area contributed by atoms with Gasteiger partial charge in [0.15, 0.2) is 0 Å². The quantitative estimate of drug-likeness (QED) is 0.886. The van der Waals surface area contributed by atoms with E-state index in [1.165, 1.54) is 6.07 Å². The summed E-state index contributed by atoms with van der Waals surface area (Å²) in [7, 11) is 0. The van der Waals surface area contributed by atoms with E-state index in [1.807, 2.05) is 6.92 Å². The number of carboxylic acid groups (broad SMARTS) is 1. The van der Waals surface area contributed by atoms with Crippen molar-refractivity contribution in [2.45, 2.75) is 13.1 Å². The standard InChI is InChI=1S/C15H11F3O2/c1-9-2-4-10(5-3-9)11-6-7-12(14(19)20)13(8-11)15(16,17)18/h2-8H,1H3,(H,19,20). The first-order chi connectivity index (χ1) is 9.29. The van der Waals surface area contributed by atoms with Crippen molar-refractivity contribution in [2.24, 2.45) is 0 Å². The van der Waals surface area contributed by atoms with Crippen LogP contribution in [0, 0.1) is 6.92 Å². The van der Waals surface area contributed by atoms with Crippen LogP contribution in [-0.4, -0.2) is 11.1 Å². The van der Waals surface area contributed by atoms with E-state index in [9.17, 15) is 18.0 Å². The summed E-state index contributed by atoms with van der Waals surface area (Å²) in [6, 6.07) is 10.2. The number of rotatable bonds is 2. The molecule has 2 nitrogen and oxygen atoms in total. The fourth-order valence-electron chi connectivity index (χ4n) is 1.89. The average Bonchev–Trinajstić information content (AvgIpc) is 2.38. The van der Waals surface area contributed by atoms with Gasteiger partial charge in [-0.15, -0.1) is 0 Å². The highest BCUT2D eigenvalue weighted by atomic mass is 19.4. The molecule has 0 aromatic heterocycles.